The molecule has 0 fully saturated rings. The summed E-state index contributed by atoms with van der Waals surface area (Å²) in [6.45, 7) is 1.66. The van der Waals surface area contributed by atoms with E-state index >= 15 is 0 Å². The largest absolute Gasteiger partial charge is 0.362 e. The van der Waals surface area contributed by atoms with Gasteiger partial charge < -0.3 is 4.90 Å². The lowest BCUT2D eigenvalue weighted by atomic mass is 10.1. The number of halogens is 2. The maximum absolute atomic E-state index is 6.28. The van der Waals surface area contributed by atoms with Gasteiger partial charge in [-0.25, -0.2) is 0 Å². The summed E-state index contributed by atoms with van der Waals surface area (Å²) in [5, 5.41) is 1.55. The van der Waals surface area contributed by atoms with Gasteiger partial charge in [-0.2, -0.15) is 0 Å². The van der Waals surface area contributed by atoms with Crippen LogP contribution in [0, 0.1) is 0 Å². The molecule has 2 aromatic rings. The Morgan fingerprint density at radius 3 is 2.68 bits per heavy atom. The van der Waals surface area contributed by atoms with Crippen LogP contribution in [0.2, 0.25) is 10.0 Å². The van der Waals surface area contributed by atoms with Crippen molar-refractivity contribution >= 4 is 35.0 Å². The Hall–Kier alpha value is -1.44. The summed E-state index contributed by atoms with van der Waals surface area (Å²) >= 11 is 12.4. The first-order valence-electron chi connectivity index (χ1n) is 6.18. The minimum absolute atomic E-state index is 0.771. The van der Waals surface area contributed by atoms with E-state index in [4.69, 9.17) is 23.2 Å². The predicted molar refractivity (Wildman–Crippen MR) is 83.0 cm³/mol. The van der Waals surface area contributed by atoms with E-state index in [0.29, 0.717) is 0 Å². The lowest BCUT2D eigenvalue weighted by molar-refractivity contribution is 0.874. The third-order valence-electron chi connectivity index (χ3n) is 3.28. The van der Waals surface area contributed by atoms with E-state index < -0.39 is 0 Å². The van der Waals surface area contributed by atoms with Gasteiger partial charge in [0, 0.05) is 18.1 Å². The zero-order valence-electron chi connectivity index (χ0n) is 10.3. The molecule has 0 bridgehead atoms. The second kappa shape index (κ2) is 5.28. The summed E-state index contributed by atoms with van der Waals surface area (Å²) in [6, 6.07) is 13.9. The highest BCUT2D eigenvalue weighted by Gasteiger charge is 2.13. The Morgan fingerprint density at radius 1 is 1.00 bits per heavy atom. The summed E-state index contributed by atoms with van der Waals surface area (Å²) in [5.41, 5.74) is 3.50. The molecule has 0 aliphatic carbocycles. The highest BCUT2D eigenvalue weighted by Crippen LogP contribution is 2.29. The van der Waals surface area contributed by atoms with E-state index in [1.54, 1.807) is 0 Å². The van der Waals surface area contributed by atoms with Crippen LogP contribution in [0.15, 0.2) is 48.5 Å². The normalized spacial score (nSPS) is 14.1. The minimum Gasteiger partial charge on any atom is -0.362 e. The van der Waals surface area contributed by atoms with E-state index in [9.17, 15) is 0 Å². The molecule has 0 N–H and O–H groups in total. The highest BCUT2D eigenvalue weighted by atomic mass is 35.5. The van der Waals surface area contributed by atoms with Crippen LogP contribution < -0.4 is 4.90 Å². The van der Waals surface area contributed by atoms with Gasteiger partial charge in [-0.3, -0.25) is 0 Å². The smallest absolute Gasteiger partial charge is 0.0639 e. The summed E-state index contributed by atoms with van der Waals surface area (Å²) in [7, 11) is 0. The van der Waals surface area contributed by atoms with Crippen molar-refractivity contribution in [2.45, 2.75) is 6.54 Å². The van der Waals surface area contributed by atoms with E-state index in [0.717, 1.165) is 28.8 Å². The molecule has 0 radical (unpaired) electrons. The van der Waals surface area contributed by atoms with Crippen LogP contribution in [-0.4, -0.2) is 6.54 Å². The lowest BCUT2D eigenvalue weighted by Gasteiger charge is -2.24. The van der Waals surface area contributed by atoms with Gasteiger partial charge in [0.05, 0.1) is 10.7 Å². The van der Waals surface area contributed by atoms with E-state index in [1.165, 1.54) is 11.1 Å². The molecule has 96 valence electrons. The topological polar surface area (TPSA) is 3.24 Å². The molecule has 0 spiro atoms. The van der Waals surface area contributed by atoms with Crippen LogP contribution in [-0.2, 0) is 6.54 Å². The fourth-order valence-corrected chi connectivity index (χ4v) is 2.79. The van der Waals surface area contributed by atoms with Crippen molar-refractivity contribution in [2.24, 2.45) is 0 Å². The molecule has 0 saturated carbocycles. The molecule has 0 saturated heterocycles. The van der Waals surface area contributed by atoms with Crippen LogP contribution in [0.4, 0.5) is 5.69 Å². The van der Waals surface area contributed by atoms with Crippen molar-refractivity contribution in [3.63, 3.8) is 0 Å². The molecule has 0 amide bonds. The van der Waals surface area contributed by atoms with Crippen LogP contribution in [0.3, 0.4) is 0 Å². The Morgan fingerprint density at radius 2 is 1.84 bits per heavy atom. The van der Waals surface area contributed by atoms with Gasteiger partial charge in [0.15, 0.2) is 0 Å². The van der Waals surface area contributed by atoms with Crippen LogP contribution >= 0.6 is 23.2 Å². The third-order valence-corrected chi connectivity index (χ3v) is 3.84. The summed E-state index contributed by atoms with van der Waals surface area (Å²) in [5.74, 6) is 0. The molecule has 2 aromatic carbocycles. The maximum atomic E-state index is 6.28. The molecule has 19 heavy (non-hydrogen) atoms. The van der Waals surface area contributed by atoms with E-state index in [-0.39, 0.29) is 0 Å². The molecular weight excluding hydrogens is 277 g/mol. The zero-order chi connectivity index (χ0) is 13.2. The quantitative estimate of drug-likeness (QED) is 0.712. The first kappa shape index (κ1) is 12.6. The molecule has 0 aromatic heterocycles. The summed E-state index contributed by atoms with van der Waals surface area (Å²) < 4.78 is 0. The first-order valence-corrected chi connectivity index (χ1v) is 6.94. The van der Waals surface area contributed by atoms with Gasteiger partial charge in [0.25, 0.3) is 0 Å². The van der Waals surface area contributed by atoms with Gasteiger partial charge in [-0.1, -0.05) is 53.6 Å². The first-order chi connectivity index (χ1) is 9.24. The molecule has 0 atom stereocenters. The minimum atomic E-state index is 0.771. The maximum Gasteiger partial charge on any atom is 0.0639 e. The van der Waals surface area contributed by atoms with Gasteiger partial charge in [0.2, 0.25) is 0 Å². The fourth-order valence-electron chi connectivity index (χ4n) is 2.34. The number of nitrogens with zero attached hydrogens (tertiary/aromatic N) is 1. The third kappa shape index (κ3) is 2.63. The Balaban J connectivity index is 1.99. The molecule has 3 heteroatoms. The molecule has 1 aliphatic heterocycles. The number of anilines is 1. The molecule has 1 heterocycles. The van der Waals surface area contributed by atoms with Gasteiger partial charge in [-0.05, 0) is 35.4 Å². The van der Waals surface area contributed by atoms with Crippen molar-refractivity contribution in [1.29, 1.82) is 0 Å². The number of hydrogen-bond acceptors (Lipinski definition) is 1. The van der Waals surface area contributed by atoms with Gasteiger partial charge in [0.1, 0.15) is 0 Å². The second-order valence-electron chi connectivity index (χ2n) is 4.58. The Kier molecular flexibility index (Phi) is 3.50. The fraction of sp³-hybridized carbons (Fsp3) is 0.125. The van der Waals surface area contributed by atoms with Crippen molar-refractivity contribution in [3.8, 4) is 0 Å². The number of benzene rings is 2. The lowest BCUT2D eigenvalue weighted by Crippen LogP contribution is -2.22. The van der Waals surface area contributed by atoms with Crippen molar-refractivity contribution in [2.75, 3.05) is 11.4 Å². The molecular formula is C16H13Cl2N. The Bertz CT molecular complexity index is 634. The zero-order valence-corrected chi connectivity index (χ0v) is 11.8. The molecule has 1 aliphatic rings. The van der Waals surface area contributed by atoms with Crippen LogP contribution in [0.1, 0.15) is 11.1 Å². The molecule has 0 unspecified atom stereocenters. The van der Waals surface area contributed by atoms with Gasteiger partial charge in [-0.15, -0.1) is 0 Å². The molecule has 1 nitrogen and oxygen atoms in total. The SMILES string of the molecule is Clc1ccc2c(c1)CN(c1ccccc1Cl)CC=C2. The summed E-state index contributed by atoms with van der Waals surface area (Å²) in [6.07, 6.45) is 4.30. The molecule has 3 rings (SSSR count). The summed E-state index contributed by atoms with van der Waals surface area (Å²) in [4.78, 5) is 2.25. The second-order valence-corrected chi connectivity index (χ2v) is 5.42. The van der Waals surface area contributed by atoms with E-state index in [1.807, 2.05) is 36.4 Å². The van der Waals surface area contributed by atoms with Crippen LogP contribution in [0.25, 0.3) is 6.08 Å². The average molecular weight is 290 g/mol. The Labute approximate surface area is 123 Å². The highest BCUT2D eigenvalue weighted by molar-refractivity contribution is 6.33. The number of rotatable bonds is 1. The number of fused-ring (bicyclic) bond motifs is 1. The van der Waals surface area contributed by atoms with Gasteiger partial charge >= 0.3 is 0 Å². The van der Waals surface area contributed by atoms with Crippen molar-refractivity contribution in [3.05, 3.63) is 69.7 Å². The number of para-hydroxylation sites is 1. The monoisotopic (exact) mass is 289 g/mol. The standard InChI is InChI=1S/C16H13Cl2N/c17-14-8-7-12-4-3-9-19(11-13(12)10-14)16-6-2-1-5-15(16)18/h1-8,10H,9,11H2. The van der Waals surface area contributed by atoms with Crippen molar-refractivity contribution < 1.29 is 0 Å². The van der Waals surface area contributed by atoms with Crippen molar-refractivity contribution in [1.82, 2.24) is 0 Å². The van der Waals surface area contributed by atoms with Crippen LogP contribution in [0.5, 0.6) is 0 Å². The predicted octanol–water partition coefficient (Wildman–Crippen LogP) is 5.03. The average Bonchev–Trinajstić information content (AvgIpc) is 2.61. The van der Waals surface area contributed by atoms with E-state index in [2.05, 4.69) is 23.1 Å². The number of hydrogen-bond donors (Lipinski definition) is 0.